The van der Waals surface area contributed by atoms with Gasteiger partial charge in [0, 0.05) is 19.1 Å². The Kier molecular flexibility index (Phi) is 5.52. The first-order chi connectivity index (χ1) is 11.9. The summed E-state index contributed by atoms with van der Waals surface area (Å²) < 4.78 is 58.2. The van der Waals surface area contributed by atoms with Crippen LogP contribution in [0.15, 0.2) is 39.8 Å². The van der Waals surface area contributed by atoms with Gasteiger partial charge in [-0.15, -0.1) is 0 Å². The minimum atomic E-state index is -3.90. The number of furan rings is 1. The Morgan fingerprint density at radius 2 is 1.81 bits per heavy atom. The fourth-order valence-corrected chi connectivity index (χ4v) is 3.56. The van der Waals surface area contributed by atoms with Crippen molar-refractivity contribution in [2.75, 3.05) is 7.05 Å². The van der Waals surface area contributed by atoms with Crippen molar-refractivity contribution in [2.45, 2.75) is 37.9 Å². The highest BCUT2D eigenvalue weighted by Crippen LogP contribution is 2.18. The second-order valence-electron chi connectivity index (χ2n) is 6.88. The Labute approximate surface area is 150 Å². The van der Waals surface area contributed by atoms with Crippen molar-refractivity contribution in [1.82, 2.24) is 9.62 Å². The number of hydrogen-bond acceptors (Lipinski definition) is 4. The third kappa shape index (κ3) is 4.89. The predicted molar refractivity (Wildman–Crippen MR) is 90.9 cm³/mol. The van der Waals surface area contributed by atoms with E-state index in [0.717, 1.165) is 12.1 Å². The standard InChI is InChI=1S/C17H20F2N2O4S/c1-17(2,3)20-26(23,24)15-8-7-14(25-15)16(22)21(4)10-11-5-6-12(18)13(19)9-11/h5-9,20H,10H2,1-4H3. The molecule has 1 N–H and O–H groups in total. The average molecular weight is 386 g/mol. The Balaban J connectivity index is 2.15. The molecule has 0 radical (unpaired) electrons. The first-order valence-electron chi connectivity index (χ1n) is 7.72. The molecule has 26 heavy (non-hydrogen) atoms. The van der Waals surface area contributed by atoms with Crippen LogP contribution in [0, 0.1) is 11.6 Å². The SMILES string of the molecule is CN(Cc1ccc(F)c(F)c1)C(=O)c1ccc(S(=O)(=O)NC(C)(C)C)o1. The zero-order valence-electron chi connectivity index (χ0n) is 14.8. The number of rotatable bonds is 5. The highest BCUT2D eigenvalue weighted by Gasteiger charge is 2.27. The number of carbonyl (C=O) groups excluding carboxylic acids is 1. The highest BCUT2D eigenvalue weighted by atomic mass is 32.2. The summed E-state index contributed by atoms with van der Waals surface area (Å²) in [7, 11) is -2.47. The van der Waals surface area contributed by atoms with Crippen LogP contribution in [0.1, 0.15) is 36.9 Å². The second kappa shape index (κ2) is 7.16. The lowest BCUT2D eigenvalue weighted by Crippen LogP contribution is -2.40. The van der Waals surface area contributed by atoms with E-state index in [1.165, 1.54) is 30.1 Å². The van der Waals surface area contributed by atoms with Crippen LogP contribution in [-0.4, -0.2) is 31.8 Å². The molecule has 0 saturated carbocycles. The lowest BCUT2D eigenvalue weighted by Gasteiger charge is -2.19. The van der Waals surface area contributed by atoms with E-state index in [1.807, 2.05) is 0 Å². The summed E-state index contributed by atoms with van der Waals surface area (Å²) in [6, 6.07) is 5.75. The first-order valence-corrected chi connectivity index (χ1v) is 9.20. The van der Waals surface area contributed by atoms with Gasteiger partial charge in [-0.05, 0) is 50.6 Å². The van der Waals surface area contributed by atoms with Crippen LogP contribution in [0.2, 0.25) is 0 Å². The maximum atomic E-state index is 13.3. The molecule has 0 atom stereocenters. The summed E-state index contributed by atoms with van der Waals surface area (Å²) in [5, 5.41) is -0.378. The summed E-state index contributed by atoms with van der Waals surface area (Å²) in [5.41, 5.74) is -0.326. The predicted octanol–water partition coefficient (Wildman–Crippen LogP) is 2.91. The van der Waals surface area contributed by atoms with Gasteiger partial charge in [0.15, 0.2) is 17.4 Å². The number of amides is 1. The molecule has 1 amide bonds. The van der Waals surface area contributed by atoms with Gasteiger partial charge in [0.05, 0.1) is 0 Å². The Morgan fingerprint density at radius 1 is 1.15 bits per heavy atom. The fourth-order valence-electron chi connectivity index (χ4n) is 2.20. The van der Waals surface area contributed by atoms with Crippen molar-refractivity contribution in [3.63, 3.8) is 0 Å². The van der Waals surface area contributed by atoms with Crippen molar-refractivity contribution in [3.8, 4) is 0 Å². The molecule has 0 saturated heterocycles. The molecule has 0 aliphatic rings. The molecule has 6 nitrogen and oxygen atoms in total. The van der Waals surface area contributed by atoms with Crippen molar-refractivity contribution < 1.29 is 26.4 Å². The first kappa shape index (κ1) is 20.1. The normalized spacial score (nSPS) is 12.2. The lowest BCUT2D eigenvalue weighted by molar-refractivity contribution is 0.0747. The Morgan fingerprint density at radius 3 is 2.38 bits per heavy atom. The second-order valence-corrected chi connectivity index (χ2v) is 8.50. The topological polar surface area (TPSA) is 79.6 Å². The Bertz CT molecular complexity index is 917. The molecule has 0 unspecified atom stereocenters. The fraction of sp³-hybridized carbons (Fsp3) is 0.353. The summed E-state index contributed by atoms with van der Waals surface area (Å²) in [6.07, 6.45) is 0. The summed E-state index contributed by atoms with van der Waals surface area (Å²) >= 11 is 0. The van der Waals surface area contributed by atoms with E-state index >= 15 is 0 Å². The number of sulfonamides is 1. The molecule has 142 valence electrons. The molecule has 2 rings (SSSR count). The van der Waals surface area contributed by atoms with Gasteiger partial charge in [-0.3, -0.25) is 4.79 Å². The van der Waals surface area contributed by atoms with E-state index in [9.17, 15) is 22.0 Å². The minimum absolute atomic E-state index is 0.000935. The molecule has 1 heterocycles. The molecular weight excluding hydrogens is 366 g/mol. The molecule has 2 aromatic rings. The van der Waals surface area contributed by atoms with Gasteiger partial charge in [-0.25, -0.2) is 21.9 Å². The average Bonchev–Trinajstić information content (AvgIpc) is 2.98. The zero-order chi connectivity index (χ0) is 19.7. The number of hydrogen-bond donors (Lipinski definition) is 1. The van der Waals surface area contributed by atoms with E-state index in [4.69, 9.17) is 4.42 Å². The molecule has 0 aliphatic heterocycles. The van der Waals surface area contributed by atoms with Crippen LogP contribution in [0.3, 0.4) is 0 Å². The molecular formula is C17H20F2N2O4S. The molecule has 9 heteroatoms. The van der Waals surface area contributed by atoms with E-state index in [-0.39, 0.29) is 17.4 Å². The minimum Gasteiger partial charge on any atom is -0.438 e. The zero-order valence-corrected chi connectivity index (χ0v) is 15.7. The third-order valence-electron chi connectivity index (χ3n) is 3.25. The van der Waals surface area contributed by atoms with Crippen molar-refractivity contribution >= 4 is 15.9 Å². The van der Waals surface area contributed by atoms with Crippen LogP contribution in [-0.2, 0) is 16.6 Å². The third-order valence-corrected chi connectivity index (χ3v) is 4.88. The van der Waals surface area contributed by atoms with E-state index < -0.39 is 33.1 Å². The number of nitrogens with one attached hydrogen (secondary N) is 1. The maximum Gasteiger partial charge on any atom is 0.289 e. The quantitative estimate of drug-likeness (QED) is 0.857. The molecule has 0 fully saturated rings. The largest absolute Gasteiger partial charge is 0.438 e. The van der Waals surface area contributed by atoms with Gasteiger partial charge < -0.3 is 9.32 Å². The van der Waals surface area contributed by atoms with Gasteiger partial charge >= 0.3 is 0 Å². The van der Waals surface area contributed by atoms with E-state index in [1.54, 1.807) is 20.8 Å². The Hall–Kier alpha value is -2.26. The van der Waals surface area contributed by atoms with Crippen LogP contribution < -0.4 is 4.72 Å². The summed E-state index contributed by atoms with van der Waals surface area (Å²) in [5.74, 6) is -2.76. The molecule has 1 aromatic carbocycles. The summed E-state index contributed by atoms with van der Waals surface area (Å²) in [4.78, 5) is 13.6. The van der Waals surface area contributed by atoms with Gasteiger partial charge in [0.25, 0.3) is 15.9 Å². The number of benzene rings is 1. The van der Waals surface area contributed by atoms with Crippen LogP contribution in [0.25, 0.3) is 0 Å². The molecule has 1 aromatic heterocycles. The molecule has 0 bridgehead atoms. The van der Waals surface area contributed by atoms with E-state index in [2.05, 4.69) is 4.72 Å². The van der Waals surface area contributed by atoms with Gasteiger partial charge in [-0.1, -0.05) is 6.07 Å². The molecule has 0 spiro atoms. The lowest BCUT2D eigenvalue weighted by atomic mass is 10.1. The smallest absolute Gasteiger partial charge is 0.289 e. The van der Waals surface area contributed by atoms with Gasteiger partial charge in [-0.2, -0.15) is 0 Å². The van der Waals surface area contributed by atoms with E-state index in [0.29, 0.717) is 5.56 Å². The van der Waals surface area contributed by atoms with Crippen molar-refractivity contribution in [1.29, 1.82) is 0 Å². The van der Waals surface area contributed by atoms with Crippen LogP contribution >= 0.6 is 0 Å². The maximum absolute atomic E-state index is 13.3. The molecule has 0 aliphatic carbocycles. The van der Waals surface area contributed by atoms with Crippen LogP contribution in [0.4, 0.5) is 8.78 Å². The number of nitrogens with zero attached hydrogens (tertiary/aromatic N) is 1. The summed E-state index contributed by atoms with van der Waals surface area (Å²) in [6.45, 7) is 5.03. The number of carbonyl (C=O) groups is 1. The number of halogens is 2. The van der Waals surface area contributed by atoms with Crippen molar-refractivity contribution in [3.05, 3.63) is 53.3 Å². The van der Waals surface area contributed by atoms with Crippen LogP contribution in [0.5, 0.6) is 0 Å². The highest BCUT2D eigenvalue weighted by molar-refractivity contribution is 7.89. The monoisotopic (exact) mass is 386 g/mol. The van der Waals surface area contributed by atoms with Gasteiger partial charge in [0.2, 0.25) is 5.09 Å². The van der Waals surface area contributed by atoms with Gasteiger partial charge in [0.1, 0.15) is 0 Å². The van der Waals surface area contributed by atoms with Crippen molar-refractivity contribution in [2.24, 2.45) is 0 Å².